The first-order valence-electron chi connectivity index (χ1n) is 5.04. The highest BCUT2D eigenvalue weighted by molar-refractivity contribution is 6.76. The van der Waals surface area contributed by atoms with E-state index in [0.717, 1.165) is 12.4 Å². The predicted molar refractivity (Wildman–Crippen MR) is 61.1 cm³/mol. The van der Waals surface area contributed by atoms with Crippen molar-refractivity contribution < 1.29 is 4.74 Å². The molecule has 14 heavy (non-hydrogen) atoms. The normalized spacial score (nSPS) is 12.0. The molecule has 0 bridgehead atoms. The van der Waals surface area contributed by atoms with Crippen LogP contribution in [0, 0.1) is 6.92 Å². The van der Waals surface area contributed by atoms with E-state index in [0.29, 0.717) is 6.73 Å². The Bertz CT molecular complexity index is 278. The second-order valence-corrected chi connectivity index (χ2v) is 10.4. The van der Waals surface area contributed by atoms with E-state index in [2.05, 4.69) is 24.6 Å². The second kappa shape index (κ2) is 4.75. The lowest BCUT2D eigenvalue weighted by Gasteiger charge is -2.15. The van der Waals surface area contributed by atoms with Crippen LogP contribution in [0.5, 0.6) is 0 Å². The molecule has 3 nitrogen and oxygen atoms in total. The summed E-state index contributed by atoms with van der Waals surface area (Å²) in [7, 11) is -0.943. The molecule has 0 spiro atoms. The van der Waals surface area contributed by atoms with Crippen LogP contribution in [0.15, 0.2) is 12.4 Å². The van der Waals surface area contributed by atoms with Crippen molar-refractivity contribution in [2.75, 3.05) is 6.61 Å². The van der Waals surface area contributed by atoms with E-state index in [1.165, 1.54) is 6.04 Å². The van der Waals surface area contributed by atoms with E-state index in [1.807, 2.05) is 17.7 Å². The fraction of sp³-hybridized carbons (Fsp3) is 0.700. The lowest BCUT2D eigenvalue weighted by Crippen LogP contribution is -2.22. The average Bonchev–Trinajstić information content (AvgIpc) is 2.44. The molecule has 1 aromatic heterocycles. The summed E-state index contributed by atoms with van der Waals surface area (Å²) in [5.41, 5.74) is 0. The van der Waals surface area contributed by atoms with Gasteiger partial charge in [-0.2, -0.15) is 0 Å². The number of nitrogens with zero attached hydrogens (tertiary/aromatic N) is 2. The smallest absolute Gasteiger partial charge is 0.123 e. The Kier molecular flexibility index (Phi) is 3.89. The Labute approximate surface area is 87.1 Å². The molecular formula is C10H20N2OSi. The highest BCUT2D eigenvalue weighted by Crippen LogP contribution is 2.08. The number of aryl methyl sites for hydroxylation is 1. The number of aromatic nitrogens is 2. The van der Waals surface area contributed by atoms with E-state index in [-0.39, 0.29) is 0 Å². The third-order valence-corrected chi connectivity index (χ3v) is 3.85. The highest BCUT2D eigenvalue weighted by atomic mass is 28.3. The molecule has 0 amide bonds. The Balaban J connectivity index is 2.20. The summed E-state index contributed by atoms with van der Waals surface area (Å²) in [4.78, 5) is 4.14. The molecule has 0 aliphatic rings. The van der Waals surface area contributed by atoms with Gasteiger partial charge in [0.1, 0.15) is 12.6 Å². The van der Waals surface area contributed by atoms with Crippen LogP contribution in [0.3, 0.4) is 0 Å². The molecule has 0 fully saturated rings. The van der Waals surface area contributed by atoms with Crippen LogP contribution < -0.4 is 0 Å². The van der Waals surface area contributed by atoms with Gasteiger partial charge in [-0.25, -0.2) is 4.98 Å². The molecule has 1 heterocycles. The van der Waals surface area contributed by atoms with Gasteiger partial charge in [0, 0.05) is 27.1 Å². The molecule has 80 valence electrons. The fourth-order valence-electron chi connectivity index (χ4n) is 1.08. The molecule has 0 aliphatic carbocycles. The zero-order valence-corrected chi connectivity index (χ0v) is 10.6. The van der Waals surface area contributed by atoms with Crippen LogP contribution in [0.2, 0.25) is 25.7 Å². The molecule has 0 radical (unpaired) electrons. The minimum atomic E-state index is -0.943. The molecular weight excluding hydrogens is 192 g/mol. The average molecular weight is 212 g/mol. The number of ether oxygens (including phenoxy) is 1. The quantitative estimate of drug-likeness (QED) is 0.554. The Morgan fingerprint density at radius 3 is 2.64 bits per heavy atom. The van der Waals surface area contributed by atoms with E-state index in [1.54, 1.807) is 6.20 Å². The zero-order valence-electron chi connectivity index (χ0n) is 9.58. The SMILES string of the molecule is Cc1nccn1COCC[Si](C)(C)C. The molecule has 0 saturated heterocycles. The lowest BCUT2D eigenvalue weighted by molar-refractivity contribution is 0.0857. The first-order chi connectivity index (χ1) is 6.49. The van der Waals surface area contributed by atoms with Crippen molar-refractivity contribution in [3.05, 3.63) is 18.2 Å². The molecule has 0 unspecified atom stereocenters. The van der Waals surface area contributed by atoms with Gasteiger partial charge in [-0.1, -0.05) is 19.6 Å². The van der Waals surface area contributed by atoms with Crippen molar-refractivity contribution in [2.24, 2.45) is 0 Å². The topological polar surface area (TPSA) is 27.1 Å². The fourth-order valence-corrected chi connectivity index (χ4v) is 1.84. The van der Waals surface area contributed by atoms with Gasteiger partial charge in [-0.3, -0.25) is 0 Å². The Morgan fingerprint density at radius 1 is 1.43 bits per heavy atom. The summed E-state index contributed by atoms with van der Waals surface area (Å²) >= 11 is 0. The maximum absolute atomic E-state index is 5.59. The van der Waals surface area contributed by atoms with Crippen molar-refractivity contribution in [3.63, 3.8) is 0 Å². The number of rotatable bonds is 5. The van der Waals surface area contributed by atoms with Crippen LogP contribution >= 0.6 is 0 Å². The third-order valence-electron chi connectivity index (χ3n) is 2.15. The largest absolute Gasteiger partial charge is 0.361 e. The van der Waals surface area contributed by atoms with Crippen molar-refractivity contribution in [1.82, 2.24) is 9.55 Å². The Hall–Kier alpha value is -0.613. The maximum Gasteiger partial charge on any atom is 0.123 e. The molecule has 0 atom stereocenters. The highest BCUT2D eigenvalue weighted by Gasteiger charge is 2.11. The Morgan fingerprint density at radius 2 is 2.14 bits per heavy atom. The van der Waals surface area contributed by atoms with Crippen LogP contribution in [0.4, 0.5) is 0 Å². The van der Waals surface area contributed by atoms with Crippen molar-refractivity contribution in [2.45, 2.75) is 39.3 Å². The lowest BCUT2D eigenvalue weighted by atomic mass is 10.7. The summed E-state index contributed by atoms with van der Waals surface area (Å²) in [6.07, 6.45) is 3.75. The first kappa shape index (κ1) is 11.5. The molecule has 0 aliphatic heterocycles. The van der Waals surface area contributed by atoms with Crippen molar-refractivity contribution >= 4 is 8.07 Å². The van der Waals surface area contributed by atoms with Gasteiger partial charge < -0.3 is 9.30 Å². The second-order valence-electron chi connectivity index (χ2n) is 4.79. The monoisotopic (exact) mass is 212 g/mol. The number of hydrogen-bond donors (Lipinski definition) is 0. The standard InChI is InChI=1S/C10H20N2OSi/c1-10-11-5-6-12(10)9-13-7-8-14(2,3)4/h5-6H,7-9H2,1-4H3. The minimum Gasteiger partial charge on any atom is -0.361 e. The van der Waals surface area contributed by atoms with Gasteiger partial charge in [-0.15, -0.1) is 0 Å². The molecule has 1 aromatic rings. The van der Waals surface area contributed by atoms with Gasteiger partial charge in [-0.05, 0) is 13.0 Å². The number of imidazole rings is 1. The van der Waals surface area contributed by atoms with Gasteiger partial charge in [0.05, 0.1) is 0 Å². The van der Waals surface area contributed by atoms with E-state index in [4.69, 9.17) is 4.74 Å². The summed E-state index contributed by atoms with van der Waals surface area (Å²) in [6, 6.07) is 1.22. The predicted octanol–water partition coefficient (Wildman–Crippen LogP) is 2.50. The zero-order chi connectivity index (χ0) is 10.6. The van der Waals surface area contributed by atoms with E-state index >= 15 is 0 Å². The number of hydrogen-bond acceptors (Lipinski definition) is 2. The van der Waals surface area contributed by atoms with Gasteiger partial charge in [0.2, 0.25) is 0 Å². The van der Waals surface area contributed by atoms with Crippen LogP contribution in [-0.2, 0) is 11.5 Å². The van der Waals surface area contributed by atoms with Crippen LogP contribution in [0.25, 0.3) is 0 Å². The van der Waals surface area contributed by atoms with E-state index in [9.17, 15) is 0 Å². The van der Waals surface area contributed by atoms with Crippen LogP contribution in [0.1, 0.15) is 5.82 Å². The van der Waals surface area contributed by atoms with Crippen LogP contribution in [-0.4, -0.2) is 24.2 Å². The van der Waals surface area contributed by atoms with Gasteiger partial charge in [0.15, 0.2) is 0 Å². The maximum atomic E-state index is 5.59. The summed E-state index contributed by atoms with van der Waals surface area (Å²) in [6.45, 7) is 10.6. The van der Waals surface area contributed by atoms with E-state index < -0.39 is 8.07 Å². The van der Waals surface area contributed by atoms with Gasteiger partial charge in [0.25, 0.3) is 0 Å². The van der Waals surface area contributed by atoms with Crippen molar-refractivity contribution in [3.8, 4) is 0 Å². The summed E-state index contributed by atoms with van der Waals surface area (Å²) in [5.74, 6) is 1.01. The summed E-state index contributed by atoms with van der Waals surface area (Å²) in [5, 5.41) is 0. The van der Waals surface area contributed by atoms with Crippen molar-refractivity contribution in [1.29, 1.82) is 0 Å². The third kappa shape index (κ3) is 4.06. The molecule has 4 heteroatoms. The molecule has 0 saturated carbocycles. The minimum absolute atomic E-state index is 0.635. The molecule has 0 aromatic carbocycles. The molecule has 0 N–H and O–H groups in total. The first-order valence-corrected chi connectivity index (χ1v) is 8.75. The molecule has 1 rings (SSSR count). The summed E-state index contributed by atoms with van der Waals surface area (Å²) < 4.78 is 7.61. The van der Waals surface area contributed by atoms with Gasteiger partial charge >= 0.3 is 0 Å².